The van der Waals surface area contributed by atoms with Crippen LogP contribution in [-0.2, 0) is 14.8 Å². The Kier molecular flexibility index (Phi) is 6.12. The van der Waals surface area contributed by atoms with Crippen LogP contribution in [0.2, 0.25) is 5.02 Å². The number of amides is 1. The Balaban J connectivity index is 1.58. The second-order valence-corrected chi connectivity index (χ2v) is 8.81. The molecule has 0 aliphatic carbocycles. The maximum absolute atomic E-state index is 12.7. The van der Waals surface area contributed by atoms with Crippen molar-refractivity contribution in [2.24, 2.45) is 0 Å². The van der Waals surface area contributed by atoms with Crippen molar-refractivity contribution in [1.82, 2.24) is 9.21 Å². The van der Waals surface area contributed by atoms with E-state index in [0.717, 1.165) is 0 Å². The van der Waals surface area contributed by atoms with Gasteiger partial charge in [-0.25, -0.2) is 8.42 Å². The maximum Gasteiger partial charge on any atom is 0.263 e. The largest absolute Gasteiger partial charge is 0.508 e. The number of hydrogen-bond donors (Lipinski definition) is 1. The highest BCUT2D eigenvalue weighted by Gasteiger charge is 2.32. The summed E-state index contributed by atoms with van der Waals surface area (Å²) in [7, 11) is -3.62. The molecule has 1 saturated heterocycles. The van der Waals surface area contributed by atoms with Crippen LogP contribution in [0.25, 0.3) is 0 Å². The Hall–Kier alpha value is -2.29. The lowest BCUT2D eigenvalue weighted by Crippen LogP contribution is -2.53. The topological polar surface area (TPSA) is 87.2 Å². The number of halogens is 1. The van der Waals surface area contributed by atoms with Crippen LogP contribution in [0, 0.1) is 0 Å². The normalized spacial score (nSPS) is 16.6. The van der Waals surface area contributed by atoms with E-state index in [1.165, 1.54) is 40.7 Å². The number of hydrogen-bond acceptors (Lipinski definition) is 5. The first-order valence-electron chi connectivity index (χ1n) is 8.77. The van der Waals surface area contributed by atoms with Crippen molar-refractivity contribution in [3.8, 4) is 11.5 Å². The Morgan fingerprint density at radius 1 is 1.04 bits per heavy atom. The van der Waals surface area contributed by atoms with Crippen molar-refractivity contribution < 1.29 is 23.1 Å². The molecule has 1 amide bonds. The molecular formula is C19H21ClN2O5S. The Bertz CT molecular complexity index is 924. The number of aromatic hydroxyl groups is 1. The molecule has 1 N–H and O–H groups in total. The lowest BCUT2D eigenvalue weighted by Gasteiger charge is -2.35. The summed E-state index contributed by atoms with van der Waals surface area (Å²) in [4.78, 5) is 14.4. The fourth-order valence-electron chi connectivity index (χ4n) is 2.94. The van der Waals surface area contributed by atoms with Crippen LogP contribution in [0.15, 0.2) is 53.4 Å². The van der Waals surface area contributed by atoms with Crippen molar-refractivity contribution in [1.29, 1.82) is 0 Å². The van der Waals surface area contributed by atoms with Gasteiger partial charge in [0, 0.05) is 31.2 Å². The summed E-state index contributed by atoms with van der Waals surface area (Å²) in [5.41, 5.74) is 0. The molecule has 0 spiro atoms. The number of phenols is 1. The fraction of sp³-hybridized carbons (Fsp3) is 0.316. The average molecular weight is 425 g/mol. The van der Waals surface area contributed by atoms with Gasteiger partial charge in [0.25, 0.3) is 5.91 Å². The molecule has 2 aromatic rings. The first-order chi connectivity index (χ1) is 13.3. The van der Waals surface area contributed by atoms with Gasteiger partial charge >= 0.3 is 0 Å². The third-order valence-electron chi connectivity index (χ3n) is 4.50. The average Bonchev–Trinajstić information content (AvgIpc) is 2.69. The number of nitrogens with zero attached hydrogens (tertiary/aromatic N) is 2. The van der Waals surface area contributed by atoms with Gasteiger partial charge in [0.05, 0.1) is 4.90 Å². The van der Waals surface area contributed by atoms with E-state index in [9.17, 15) is 18.3 Å². The van der Waals surface area contributed by atoms with Crippen LogP contribution in [0.3, 0.4) is 0 Å². The van der Waals surface area contributed by atoms with E-state index in [1.807, 2.05) is 0 Å². The predicted octanol–water partition coefficient (Wildman–Crippen LogP) is 2.35. The van der Waals surface area contributed by atoms with Crippen molar-refractivity contribution in [2.75, 3.05) is 26.2 Å². The van der Waals surface area contributed by atoms with E-state index in [4.69, 9.17) is 16.3 Å². The number of carbonyl (C=O) groups excluding carboxylic acids is 1. The molecule has 1 aliphatic rings. The lowest BCUT2D eigenvalue weighted by atomic mass is 10.2. The van der Waals surface area contributed by atoms with Crippen LogP contribution < -0.4 is 4.74 Å². The predicted molar refractivity (Wildman–Crippen MR) is 105 cm³/mol. The van der Waals surface area contributed by atoms with Crippen LogP contribution in [-0.4, -0.2) is 60.9 Å². The molecular weight excluding hydrogens is 404 g/mol. The van der Waals surface area contributed by atoms with Crippen LogP contribution >= 0.6 is 11.6 Å². The number of ether oxygens (including phenoxy) is 1. The van der Waals surface area contributed by atoms with E-state index >= 15 is 0 Å². The molecule has 0 radical (unpaired) electrons. The van der Waals surface area contributed by atoms with Crippen LogP contribution in [0.5, 0.6) is 11.5 Å². The minimum atomic E-state index is -3.62. The quantitative estimate of drug-likeness (QED) is 0.796. The summed E-state index contributed by atoms with van der Waals surface area (Å²) >= 11 is 5.82. The number of rotatable bonds is 5. The summed E-state index contributed by atoms with van der Waals surface area (Å²) in [6, 6.07) is 12.1. The molecule has 0 bridgehead atoms. The molecule has 0 saturated carbocycles. The standard InChI is InChI=1S/C19H21ClN2O5S/c1-14(27-17-6-4-16(23)5-7-17)19(24)21-10-12-22(13-11-21)28(25,26)18-8-2-15(20)3-9-18/h2-9,14,23H,10-13H2,1H3. The summed E-state index contributed by atoms with van der Waals surface area (Å²) in [6.45, 7) is 2.64. The third-order valence-corrected chi connectivity index (χ3v) is 6.66. The van der Waals surface area contributed by atoms with E-state index in [2.05, 4.69) is 0 Å². The minimum absolute atomic E-state index is 0.115. The zero-order valence-electron chi connectivity index (χ0n) is 15.3. The molecule has 150 valence electrons. The van der Waals surface area contributed by atoms with Gasteiger partial charge in [-0.05, 0) is 55.5 Å². The molecule has 28 heavy (non-hydrogen) atoms. The van der Waals surface area contributed by atoms with Gasteiger partial charge in [0.15, 0.2) is 6.10 Å². The summed E-state index contributed by atoms with van der Waals surface area (Å²) < 4.78 is 32.4. The van der Waals surface area contributed by atoms with Gasteiger partial charge in [-0.1, -0.05) is 11.6 Å². The molecule has 1 fully saturated rings. The molecule has 0 aromatic heterocycles. The van der Waals surface area contributed by atoms with Gasteiger partial charge in [-0.2, -0.15) is 4.31 Å². The van der Waals surface area contributed by atoms with E-state index in [1.54, 1.807) is 24.0 Å². The Morgan fingerprint density at radius 2 is 1.61 bits per heavy atom. The highest BCUT2D eigenvalue weighted by Crippen LogP contribution is 2.21. The Labute approximate surface area is 169 Å². The van der Waals surface area contributed by atoms with E-state index in [0.29, 0.717) is 10.8 Å². The molecule has 1 unspecified atom stereocenters. The van der Waals surface area contributed by atoms with Crippen molar-refractivity contribution in [2.45, 2.75) is 17.9 Å². The minimum Gasteiger partial charge on any atom is -0.508 e. The van der Waals surface area contributed by atoms with Gasteiger partial charge in [-0.3, -0.25) is 4.79 Å². The van der Waals surface area contributed by atoms with Crippen LogP contribution in [0.4, 0.5) is 0 Å². The lowest BCUT2D eigenvalue weighted by molar-refractivity contribution is -0.139. The molecule has 1 atom stereocenters. The number of phenolic OH excluding ortho intramolecular Hbond substituents is 1. The second-order valence-electron chi connectivity index (χ2n) is 6.44. The van der Waals surface area contributed by atoms with Crippen molar-refractivity contribution >= 4 is 27.5 Å². The highest BCUT2D eigenvalue weighted by molar-refractivity contribution is 7.89. The molecule has 1 heterocycles. The summed E-state index contributed by atoms with van der Waals surface area (Å²) in [5, 5.41) is 9.77. The maximum atomic E-state index is 12.7. The van der Waals surface area contributed by atoms with Crippen molar-refractivity contribution in [3.63, 3.8) is 0 Å². The zero-order chi connectivity index (χ0) is 20.3. The second kappa shape index (κ2) is 8.38. The number of sulfonamides is 1. The first kappa shape index (κ1) is 20.4. The number of benzene rings is 2. The summed E-state index contributed by atoms with van der Waals surface area (Å²) in [6.07, 6.45) is -0.719. The number of carbonyl (C=O) groups is 1. The molecule has 1 aliphatic heterocycles. The zero-order valence-corrected chi connectivity index (χ0v) is 16.9. The van der Waals surface area contributed by atoms with Gasteiger partial charge in [0.1, 0.15) is 11.5 Å². The molecule has 9 heteroatoms. The molecule has 2 aromatic carbocycles. The van der Waals surface area contributed by atoms with E-state index < -0.39 is 16.1 Å². The first-order valence-corrected chi connectivity index (χ1v) is 10.6. The third kappa shape index (κ3) is 4.57. The molecule has 7 nitrogen and oxygen atoms in total. The Morgan fingerprint density at radius 3 is 2.18 bits per heavy atom. The van der Waals surface area contributed by atoms with E-state index in [-0.39, 0.29) is 42.7 Å². The smallest absolute Gasteiger partial charge is 0.263 e. The summed E-state index contributed by atoms with van der Waals surface area (Å²) in [5.74, 6) is 0.378. The van der Waals surface area contributed by atoms with Crippen LogP contribution in [0.1, 0.15) is 6.92 Å². The van der Waals surface area contributed by atoms with Gasteiger partial charge in [0.2, 0.25) is 10.0 Å². The van der Waals surface area contributed by atoms with Gasteiger partial charge < -0.3 is 14.7 Å². The fourth-order valence-corrected chi connectivity index (χ4v) is 4.49. The molecule has 3 rings (SSSR count). The van der Waals surface area contributed by atoms with Gasteiger partial charge in [-0.15, -0.1) is 0 Å². The SMILES string of the molecule is CC(Oc1ccc(O)cc1)C(=O)N1CCN(S(=O)(=O)c2ccc(Cl)cc2)CC1. The monoisotopic (exact) mass is 424 g/mol. The highest BCUT2D eigenvalue weighted by atomic mass is 35.5. The van der Waals surface area contributed by atoms with Crippen molar-refractivity contribution in [3.05, 3.63) is 53.6 Å². The number of piperazine rings is 1.